The lowest BCUT2D eigenvalue weighted by atomic mass is 10.2. The van der Waals surface area contributed by atoms with Crippen LogP contribution < -0.4 is 4.90 Å². The molecule has 4 heteroatoms. The summed E-state index contributed by atoms with van der Waals surface area (Å²) >= 11 is 5.76. The zero-order valence-corrected chi connectivity index (χ0v) is 10.5. The van der Waals surface area contributed by atoms with Gasteiger partial charge in [0.25, 0.3) is 0 Å². The predicted octanol–water partition coefficient (Wildman–Crippen LogP) is 3.54. The maximum atomic E-state index is 11.7. The normalized spacial score (nSPS) is 10.3. The molecule has 0 aromatic heterocycles. The molecule has 88 valence electrons. The summed E-state index contributed by atoms with van der Waals surface area (Å²) in [6.45, 7) is 5.57. The number of nitrogens with zero attached hydrogens (tertiary/aromatic N) is 1. The van der Waals surface area contributed by atoms with E-state index >= 15 is 0 Å². The number of hydrogen-bond acceptors (Lipinski definition) is 2. The van der Waals surface area contributed by atoms with Crippen molar-refractivity contribution in [3.8, 4) is 0 Å². The number of anilines is 1. The van der Waals surface area contributed by atoms with Gasteiger partial charge in [-0.3, -0.25) is 4.90 Å². The second kappa shape index (κ2) is 5.75. The summed E-state index contributed by atoms with van der Waals surface area (Å²) in [6, 6.07) is 7.65. The number of rotatable bonds is 3. The van der Waals surface area contributed by atoms with E-state index in [0.29, 0.717) is 0 Å². The Labute approximate surface area is 101 Å². The second-order valence-corrected chi connectivity index (χ2v) is 4.06. The number of carbonyl (C=O) groups excluding carboxylic acids is 1. The summed E-state index contributed by atoms with van der Waals surface area (Å²) in [7, 11) is 0. The van der Waals surface area contributed by atoms with Crippen molar-refractivity contribution in [2.24, 2.45) is 0 Å². The van der Waals surface area contributed by atoms with Crippen LogP contribution in [0.2, 0.25) is 0 Å². The van der Waals surface area contributed by atoms with Crippen LogP contribution in [0.15, 0.2) is 24.3 Å². The summed E-state index contributed by atoms with van der Waals surface area (Å²) in [5.74, 6) is 0. The van der Waals surface area contributed by atoms with Gasteiger partial charge in [-0.15, -0.1) is 11.6 Å². The minimum atomic E-state index is -0.421. The van der Waals surface area contributed by atoms with Crippen molar-refractivity contribution in [1.82, 2.24) is 0 Å². The first kappa shape index (κ1) is 12.8. The summed E-state index contributed by atoms with van der Waals surface area (Å²) < 4.78 is 5.10. The number of hydrogen-bond donors (Lipinski definition) is 0. The van der Waals surface area contributed by atoms with Crippen molar-refractivity contribution in [2.45, 2.75) is 26.9 Å². The van der Waals surface area contributed by atoms with Crippen molar-refractivity contribution in [3.05, 3.63) is 29.8 Å². The Hall–Kier alpha value is -1.22. The molecule has 0 spiro atoms. The lowest BCUT2D eigenvalue weighted by molar-refractivity contribution is 0.123. The van der Waals surface area contributed by atoms with Crippen LogP contribution in [0.25, 0.3) is 0 Å². The molecule has 1 aromatic rings. The van der Waals surface area contributed by atoms with Gasteiger partial charge in [-0.05, 0) is 38.5 Å². The largest absolute Gasteiger partial charge is 0.446 e. The van der Waals surface area contributed by atoms with Crippen LogP contribution >= 0.6 is 11.6 Å². The SMILES string of the molecule is Cc1cccc(N(CCl)C(=O)OC(C)C)c1. The highest BCUT2D eigenvalue weighted by Crippen LogP contribution is 2.17. The van der Waals surface area contributed by atoms with Gasteiger partial charge < -0.3 is 4.74 Å². The van der Waals surface area contributed by atoms with Crippen LogP contribution in [0.4, 0.5) is 10.5 Å². The minimum absolute atomic E-state index is 0.0784. The number of alkyl halides is 1. The highest BCUT2D eigenvalue weighted by molar-refractivity contribution is 6.21. The lowest BCUT2D eigenvalue weighted by Crippen LogP contribution is -2.32. The van der Waals surface area contributed by atoms with Gasteiger partial charge in [0.05, 0.1) is 6.10 Å². The van der Waals surface area contributed by atoms with E-state index in [9.17, 15) is 4.79 Å². The number of carbonyl (C=O) groups is 1. The first-order chi connectivity index (χ1) is 7.54. The maximum absolute atomic E-state index is 11.7. The molecule has 0 saturated heterocycles. The molecule has 0 aliphatic rings. The Bertz CT molecular complexity index is 366. The third-order valence-corrected chi connectivity index (χ3v) is 2.23. The third-order valence-electron chi connectivity index (χ3n) is 1.99. The topological polar surface area (TPSA) is 29.5 Å². The number of halogens is 1. The minimum Gasteiger partial charge on any atom is -0.446 e. The van der Waals surface area contributed by atoms with E-state index in [1.807, 2.05) is 31.2 Å². The molecule has 0 N–H and O–H groups in total. The molecular weight excluding hydrogens is 226 g/mol. The third kappa shape index (κ3) is 3.42. The predicted molar refractivity (Wildman–Crippen MR) is 66.0 cm³/mol. The Morgan fingerprint density at radius 2 is 2.19 bits per heavy atom. The van der Waals surface area contributed by atoms with E-state index in [-0.39, 0.29) is 12.1 Å². The van der Waals surface area contributed by atoms with Crippen molar-refractivity contribution in [1.29, 1.82) is 0 Å². The van der Waals surface area contributed by atoms with E-state index in [1.54, 1.807) is 13.8 Å². The molecule has 1 rings (SSSR count). The lowest BCUT2D eigenvalue weighted by Gasteiger charge is -2.21. The Balaban J connectivity index is 2.85. The van der Waals surface area contributed by atoms with Crippen molar-refractivity contribution in [3.63, 3.8) is 0 Å². The first-order valence-electron chi connectivity index (χ1n) is 5.15. The van der Waals surface area contributed by atoms with Gasteiger partial charge >= 0.3 is 6.09 Å². The Morgan fingerprint density at radius 1 is 1.50 bits per heavy atom. The van der Waals surface area contributed by atoms with E-state index in [2.05, 4.69) is 0 Å². The molecule has 0 saturated carbocycles. The number of aryl methyl sites for hydroxylation is 1. The van der Waals surface area contributed by atoms with Crippen molar-refractivity contribution in [2.75, 3.05) is 10.9 Å². The Morgan fingerprint density at radius 3 is 2.69 bits per heavy atom. The number of benzene rings is 1. The second-order valence-electron chi connectivity index (χ2n) is 3.82. The monoisotopic (exact) mass is 241 g/mol. The molecule has 16 heavy (non-hydrogen) atoms. The molecule has 1 aromatic carbocycles. The van der Waals surface area contributed by atoms with Crippen LogP contribution in [-0.4, -0.2) is 18.2 Å². The first-order valence-corrected chi connectivity index (χ1v) is 5.69. The summed E-state index contributed by atoms with van der Waals surface area (Å²) in [5, 5.41) is 0. The van der Waals surface area contributed by atoms with Crippen LogP contribution in [-0.2, 0) is 4.74 Å². The van der Waals surface area contributed by atoms with Gasteiger partial charge in [0.2, 0.25) is 0 Å². The zero-order valence-electron chi connectivity index (χ0n) is 9.74. The Kier molecular flexibility index (Phi) is 4.62. The van der Waals surface area contributed by atoms with Crippen molar-refractivity contribution >= 4 is 23.4 Å². The molecule has 0 aliphatic carbocycles. The molecule has 1 amide bonds. The standard InChI is InChI=1S/C12H16ClNO2/c1-9(2)16-12(15)14(8-13)11-6-4-5-10(3)7-11/h4-7,9H,8H2,1-3H3. The molecule has 0 aliphatic heterocycles. The van der Waals surface area contributed by atoms with Gasteiger partial charge in [0.1, 0.15) is 6.00 Å². The van der Waals surface area contributed by atoms with Crippen molar-refractivity contribution < 1.29 is 9.53 Å². The van der Waals surface area contributed by atoms with Gasteiger partial charge in [-0.25, -0.2) is 4.79 Å². The molecule has 3 nitrogen and oxygen atoms in total. The zero-order chi connectivity index (χ0) is 12.1. The number of ether oxygens (including phenoxy) is 1. The van der Waals surface area contributed by atoms with Gasteiger partial charge in [0.15, 0.2) is 0 Å². The molecule has 0 bridgehead atoms. The average molecular weight is 242 g/mol. The summed E-state index contributed by atoms with van der Waals surface area (Å²) in [5.41, 5.74) is 1.82. The molecule has 0 heterocycles. The molecule has 0 fully saturated rings. The van der Waals surface area contributed by atoms with E-state index in [1.165, 1.54) is 4.90 Å². The van der Waals surface area contributed by atoms with Gasteiger partial charge in [0, 0.05) is 5.69 Å². The van der Waals surface area contributed by atoms with Crippen LogP contribution in [0.5, 0.6) is 0 Å². The average Bonchev–Trinajstić information content (AvgIpc) is 2.17. The van der Waals surface area contributed by atoms with E-state index in [4.69, 9.17) is 16.3 Å². The summed E-state index contributed by atoms with van der Waals surface area (Å²) in [6.07, 6.45) is -0.571. The van der Waals surface area contributed by atoms with E-state index < -0.39 is 6.09 Å². The van der Waals surface area contributed by atoms with Crippen LogP contribution in [0.1, 0.15) is 19.4 Å². The number of amides is 1. The fraction of sp³-hybridized carbons (Fsp3) is 0.417. The molecule has 0 radical (unpaired) electrons. The molecular formula is C12H16ClNO2. The highest BCUT2D eigenvalue weighted by atomic mass is 35.5. The fourth-order valence-electron chi connectivity index (χ4n) is 1.28. The molecule has 0 atom stereocenters. The molecule has 0 unspecified atom stereocenters. The van der Waals surface area contributed by atoms with Gasteiger partial charge in [-0.2, -0.15) is 0 Å². The van der Waals surface area contributed by atoms with E-state index in [0.717, 1.165) is 11.3 Å². The van der Waals surface area contributed by atoms with Crippen LogP contribution in [0, 0.1) is 6.92 Å². The smallest absolute Gasteiger partial charge is 0.415 e. The fourth-order valence-corrected chi connectivity index (χ4v) is 1.52. The highest BCUT2D eigenvalue weighted by Gasteiger charge is 2.17. The maximum Gasteiger partial charge on any atom is 0.415 e. The quantitative estimate of drug-likeness (QED) is 0.598. The van der Waals surface area contributed by atoms with Gasteiger partial charge in [-0.1, -0.05) is 12.1 Å². The summed E-state index contributed by atoms with van der Waals surface area (Å²) in [4.78, 5) is 13.1. The van der Waals surface area contributed by atoms with Crippen LogP contribution in [0.3, 0.4) is 0 Å².